The maximum atomic E-state index is 12.0. The summed E-state index contributed by atoms with van der Waals surface area (Å²) in [6.45, 7) is 1.42. The number of halogens is 1. The topological polar surface area (TPSA) is 58.2 Å². The number of carbonyl (C=O) groups excluding carboxylic acids is 2. The zero-order valence-electron chi connectivity index (χ0n) is 10.1. The van der Waals surface area contributed by atoms with Crippen molar-refractivity contribution in [2.24, 2.45) is 0 Å². The van der Waals surface area contributed by atoms with Gasteiger partial charge in [-0.25, -0.2) is 0 Å². The Balaban J connectivity index is 2.07. The van der Waals surface area contributed by atoms with Gasteiger partial charge in [-0.05, 0) is 30.3 Å². The van der Waals surface area contributed by atoms with Crippen molar-refractivity contribution in [3.8, 4) is 0 Å². The van der Waals surface area contributed by atoms with Crippen molar-refractivity contribution in [3.63, 3.8) is 0 Å². The third kappa shape index (κ3) is 3.81. The molecule has 0 unspecified atom stereocenters. The summed E-state index contributed by atoms with van der Waals surface area (Å²) in [6, 6.07) is 10.3. The molecular formula is C13H11ClN2O2S. The van der Waals surface area contributed by atoms with E-state index in [1.807, 2.05) is 0 Å². The SMILES string of the molecule is CC(=O)Nc1ccc(C(=O)Nc2cccc(Cl)c2)s1. The van der Waals surface area contributed by atoms with E-state index in [1.54, 1.807) is 36.4 Å². The van der Waals surface area contributed by atoms with Gasteiger partial charge in [0, 0.05) is 17.6 Å². The number of hydrogen-bond donors (Lipinski definition) is 2. The molecule has 1 aromatic heterocycles. The van der Waals surface area contributed by atoms with Crippen molar-refractivity contribution in [2.75, 3.05) is 10.6 Å². The van der Waals surface area contributed by atoms with E-state index in [0.717, 1.165) is 0 Å². The predicted molar refractivity (Wildman–Crippen MR) is 78.0 cm³/mol. The second-order valence-corrected chi connectivity index (χ2v) is 5.33. The number of rotatable bonds is 3. The van der Waals surface area contributed by atoms with Gasteiger partial charge in [-0.15, -0.1) is 11.3 Å². The monoisotopic (exact) mass is 294 g/mol. The first-order valence-corrected chi connectivity index (χ1v) is 6.68. The lowest BCUT2D eigenvalue weighted by Gasteiger charge is -2.03. The molecule has 0 saturated carbocycles. The van der Waals surface area contributed by atoms with E-state index in [4.69, 9.17) is 11.6 Å². The van der Waals surface area contributed by atoms with E-state index in [9.17, 15) is 9.59 Å². The predicted octanol–water partition coefficient (Wildman–Crippen LogP) is 3.61. The van der Waals surface area contributed by atoms with E-state index in [0.29, 0.717) is 20.6 Å². The maximum absolute atomic E-state index is 12.0. The first-order valence-electron chi connectivity index (χ1n) is 5.49. The highest BCUT2D eigenvalue weighted by Gasteiger charge is 2.10. The Hall–Kier alpha value is -1.85. The molecule has 0 fully saturated rings. The Morgan fingerprint density at radius 1 is 1.16 bits per heavy atom. The molecule has 2 rings (SSSR count). The maximum Gasteiger partial charge on any atom is 0.265 e. The Kier molecular flexibility index (Phi) is 4.19. The number of amides is 2. The normalized spacial score (nSPS) is 10.0. The first-order chi connectivity index (χ1) is 9.04. The molecule has 0 radical (unpaired) electrons. The molecule has 0 aliphatic rings. The lowest BCUT2D eigenvalue weighted by molar-refractivity contribution is -0.114. The molecule has 0 atom stereocenters. The van der Waals surface area contributed by atoms with Crippen LogP contribution in [0.2, 0.25) is 5.02 Å². The summed E-state index contributed by atoms with van der Waals surface area (Å²) in [4.78, 5) is 23.4. The van der Waals surface area contributed by atoms with E-state index in [2.05, 4.69) is 10.6 Å². The second-order valence-electron chi connectivity index (χ2n) is 3.81. The summed E-state index contributed by atoms with van der Waals surface area (Å²) in [6.07, 6.45) is 0. The van der Waals surface area contributed by atoms with Gasteiger partial charge in [-0.3, -0.25) is 9.59 Å². The molecule has 2 amide bonds. The quantitative estimate of drug-likeness (QED) is 0.908. The summed E-state index contributed by atoms with van der Waals surface area (Å²) < 4.78 is 0. The van der Waals surface area contributed by atoms with Gasteiger partial charge in [0.2, 0.25) is 5.91 Å². The van der Waals surface area contributed by atoms with Crippen molar-refractivity contribution in [2.45, 2.75) is 6.92 Å². The van der Waals surface area contributed by atoms with Crippen molar-refractivity contribution in [3.05, 3.63) is 46.3 Å². The van der Waals surface area contributed by atoms with Crippen molar-refractivity contribution in [1.29, 1.82) is 0 Å². The number of thiophene rings is 1. The Morgan fingerprint density at radius 2 is 1.95 bits per heavy atom. The van der Waals surface area contributed by atoms with Crippen LogP contribution >= 0.6 is 22.9 Å². The molecule has 0 bridgehead atoms. The van der Waals surface area contributed by atoms with Crippen LogP contribution in [0, 0.1) is 0 Å². The molecule has 1 aromatic carbocycles. The number of benzene rings is 1. The Morgan fingerprint density at radius 3 is 2.63 bits per heavy atom. The van der Waals surface area contributed by atoms with Crippen LogP contribution in [0.15, 0.2) is 36.4 Å². The molecule has 2 N–H and O–H groups in total. The average molecular weight is 295 g/mol. The zero-order valence-corrected chi connectivity index (χ0v) is 11.6. The van der Waals surface area contributed by atoms with Crippen LogP contribution in [-0.4, -0.2) is 11.8 Å². The fraction of sp³-hybridized carbons (Fsp3) is 0.0769. The van der Waals surface area contributed by atoms with E-state index in [-0.39, 0.29) is 11.8 Å². The van der Waals surface area contributed by atoms with Gasteiger partial charge in [0.15, 0.2) is 0 Å². The largest absolute Gasteiger partial charge is 0.321 e. The number of hydrogen-bond acceptors (Lipinski definition) is 3. The van der Waals surface area contributed by atoms with Gasteiger partial charge in [0.1, 0.15) is 0 Å². The van der Waals surface area contributed by atoms with Crippen molar-refractivity contribution < 1.29 is 9.59 Å². The lowest BCUT2D eigenvalue weighted by atomic mass is 10.3. The van der Waals surface area contributed by atoms with Crippen LogP contribution in [0.1, 0.15) is 16.6 Å². The number of anilines is 2. The van der Waals surface area contributed by atoms with Crippen LogP contribution in [0.4, 0.5) is 10.7 Å². The molecule has 6 heteroatoms. The number of carbonyl (C=O) groups is 2. The van der Waals surface area contributed by atoms with Crippen molar-refractivity contribution >= 4 is 45.4 Å². The highest BCUT2D eigenvalue weighted by molar-refractivity contribution is 7.18. The molecule has 1 heterocycles. The smallest absolute Gasteiger partial charge is 0.265 e. The van der Waals surface area contributed by atoms with Crippen LogP contribution in [-0.2, 0) is 4.79 Å². The highest BCUT2D eigenvalue weighted by Crippen LogP contribution is 2.23. The number of nitrogens with one attached hydrogen (secondary N) is 2. The summed E-state index contributed by atoms with van der Waals surface area (Å²) in [5, 5.41) is 6.57. The zero-order chi connectivity index (χ0) is 13.8. The molecule has 0 saturated heterocycles. The van der Waals surface area contributed by atoms with Crippen LogP contribution < -0.4 is 10.6 Å². The van der Waals surface area contributed by atoms with Gasteiger partial charge in [-0.1, -0.05) is 17.7 Å². The summed E-state index contributed by atoms with van der Waals surface area (Å²) >= 11 is 7.06. The molecule has 4 nitrogen and oxygen atoms in total. The fourth-order valence-corrected chi connectivity index (χ4v) is 2.50. The van der Waals surface area contributed by atoms with Crippen LogP contribution in [0.3, 0.4) is 0 Å². The van der Waals surface area contributed by atoms with E-state index < -0.39 is 0 Å². The summed E-state index contributed by atoms with van der Waals surface area (Å²) in [5.74, 6) is -0.396. The van der Waals surface area contributed by atoms with E-state index in [1.165, 1.54) is 18.3 Å². The van der Waals surface area contributed by atoms with Crippen molar-refractivity contribution in [1.82, 2.24) is 0 Å². The molecule has 2 aromatic rings. The minimum absolute atomic E-state index is 0.163. The third-order valence-electron chi connectivity index (χ3n) is 2.21. The standard InChI is InChI=1S/C13H11ClN2O2S/c1-8(17)15-12-6-5-11(19-12)13(18)16-10-4-2-3-9(14)7-10/h2-7H,1H3,(H,15,17)(H,16,18). The fourth-order valence-electron chi connectivity index (χ4n) is 1.46. The molecule has 98 valence electrons. The van der Waals surface area contributed by atoms with E-state index >= 15 is 0 Å². The first kappa shape index (κ1) is 13.6. The summed E-state index contributed by atoms with van der Waals surface area (Å²) in [7, 11) is 0. The van der Waals surface area contributed by atoms with Gasteiger partial charge < -0.3 is 10.6 Å². The molecular weight excluding hydrogens is 284 g/mol. The highest BCUT2D eigenvalue weighted by atomic mass is 35.5. The van der Waals surface area contributed by atoms with Crippen LogP contribution in [0.25, 0.3) is 0 Å². The second kappa shape index (κ2) is 5.86. The Labute approximate surface area is 119 Å². The molecule has 0 spiro atoms. The van der Waals surface area contributed by atoms with Gasteiger partial charge in [0.05, 0.1) is 9.88 Å². The minimum atomic E-state index is -0.233. The van der Waals surface area contributed by atoms with Gasteiger partial charge >= 0.3 is 0 Å². The van der Waals surface area contributed by atoms with Gasteiger partial charge in [0.25, 0.3) is 5.91 Å². The minimum Gasteiger partial charge on any atom is -0.321 e. The molecule has 0 aliphatic heterocycles. The van der Waals surface area contributed by atoms with Gasteiger partial charge in [-0.2, -0.15) is 0 Å². The lowest BCUT2D eigenvalue weighted by Crippen LogP contribution is -2.09. The molecule has 0 aliphatic carbocycles. The third-order valence-corrected chi connectivity index (χ3v) is 3.45. The summed E-state index contributed by atoms with van der Waals surface area (Å²) in [5.41, 5.74) is 0.631. The molecule has 19 heavy (non-hydrogen) atoms. The average Bonchev–Trinajstić information content (AvgIpc) is 2.76. The van der Waals surface area contributed by atoms with Crippen LogP contribution in [0.5, 0.6) is 0 Å². The Bertz CT molecular complexity index is 625.